The minimum atomic E-state index is -1.42. The highest BCUT2D eigenvalue weighted by atomic mass is 16.4. The molecule has 1 aromatic carbocycles. The first-order valence-corrected chi connectivity index (χ1v) is 7.06. The number of aromatic carboxylic acids is 2. The maximum Gasteiger partial charge on any atom is 0.335 e. The summed E-state index contributed by atoms with van der Waals surface area (Å²) in [5, 5.41) is 20.2. The second-order valence-electron chi connectivity index (χ2n) is 5.09. The van der Waals surface area contributed by atoms with Crippen LogP contribution in [0.2, 0.25) is 0 Å². The SMILES string of the molecule is O=C([O-])c1cc(C(=O)O)cc(-[n+]2ccc(-c3ccncc3)cc2)c1. The van der Waals surface area contributed by atoms with Gasteiger partial charge >= 0.3 is 5.97 Å². The van der Waals surface area contributed by atoms with Gasteiger partial charge in [0.2, 0.25) is 5.69 Å². The third kappa shape index (κ3) is 3.12. The van der Waals surface area contributed by atoms with Crippen LogP contribution in [0, 0.1) is 0 Å². The Morgan fingerprint density at radius 2 is 1.50 bits per heavy atom. The molecule has 1 N–H and O–H groups in total. The molecule has 0 saturated carbocycles. The van der Waals surface area contributed by atoms with Gasteiger partial charge in [0, 0.05) is 42.2 Å². The van der Waals surface area contributed by atoms with Gasteiger partial charge in [-0.05, 0) is 29.3 Å². The minimum Gasteiger partial charge on any atom is -0.545 e. The van der Waals surface area contributed by atoms with Crippen molar-refractivity contribution < 1.29 is 24.4 Å². The first kappa shape index (κ1) is 15.4. The van der Waals surface area contributed by atoms with E-state index in [0.29, 0.717) is 5.69 Å². The van der Waals surface area contributed by atoms with Crippen molar-refractivity contribution in [1.82, 2.24) is 4.98 Å². The van der Waals surface area contributed by atoms with E-state index in [-0.39, 0.29) is 11.1 Å². The third-order valence-electron chi connectivity index (χ3n) is 3.54. The van der Waals surface area contributed by atoms with Crippen molar-refractivity contribution in [3.8, 4) is 16.8 Å². The summed E-state index contributed by atoms with van der Waals surface area (Å²) < 4.78 is 1.64. The summed E-state index contributed by atoms with van der Waals surface area (Å²) in [6.45, 7) is 0. The Hall–Kier alpha value is -3.54. The summed E-state index contributed by atoms with van der Waals surface area (Å²) in [6.07, 6.45) is 6.85. The molecule has 0 atom stereocenters. The normalized spacial score (nSPS) is 10.3. The van der Waals surface area contributed by atoms with Gasteiger partial charge in [0.05, 0.1) is 11.5 Å². The Bertz CT molecular complexity index is 874. The van der Waals surface area contributed by atoms with Gasteiger partial charge in [0.25, 0.3) is 0 Å². The number of hydrogen-bond acceptors (Lipinski definition) is 4. The maximum atomic E-state index is 11.2. The van der Waals surface area contributed by atoms with Gasteiger partial charge in [-0.1, -0.05) is 0 Å². The molecule has 6 nitrogen and oxygen atoms in total. The lowest BCUT2D eigenvalue weighted by Crippen LogP contribution is -2.31. The fourth-order valence-electron chi connectivity index (χ4n) is 2.34. The highest BCUT2D eigenvalue weighted by Gasteiger charge is 2.14. The van der Waals surface area contributed by atoms with Gasteiger partial charge in [-0.25, -0.2) is 4.79 Å². The van der Waals surface area contributed by atoms with Crippen molar-refractivity contribution >= 4 is 11.9 Å². The summed E-state index contributed by atoms with van der Waals surface area (Å²) in [4.78, 5) is 26.2. The zero-order chi connectivity index (χ0) is 17.1. The lowest BCUT2D eigenvalue weighted by Gasteiger charge is -2.06. The maximum absolute atomic E-state index is 11.2. The first-order valence-electron chi connectivity index (χ1n) is 7.06. The molecule has 0 unspecified atom stereocenters. The molecule has 0 spiro atoms. The summed E-state index contributed by atoms with van der Waals surface area (Å²) in [5.41, 5.74) is 2.08. The Labute approximate surface area is 137 Å². The van der Waals surface area contributed by atoms with Crippen LogP contribution in [0.25, 0.3) is 16.8 Å². The van der Waals surface area contributed by atoms with Crippen molar-refractivity contribution in [2.45, 2.75) is 0 Å². The monoisotopic (exact) mass is 320 g/mol. The van der Waals surface area contributed by atoms with Gasteiger partial charge in [-0.3, -0.25) is 4.98 Å². The Balaban J connectivity index is 2.03. The number of pyridine rings is 2. The Morgan fingerprint density at radius 3 is 2.08 bits per heavy atom. The average Bonchev–Trinajstić information content (AvgIpc) is 2.62. The number of hydrogen-bond donors (Lipinski definition) is 1. The molecule has 0 aliphatic heterocycles. The molecule has 6 heteroatoms. The molecule has 118 valence electrons. The van der Waals surface area contributed by atoms with Crippen LogP contribution in [0.5, 0.6) is 0 Å². The lowest BCUT2D eigenvalue weighted by molar-refractivity contribution is -0.595. The fourth-order valence-corrected chi connectivity index (χ4v) is 2.34. The fraction of sp³-hybridized carbons (Fsp3) is 0. The Kier molecular flexibility index (Phi) is 4.03. The number of nitrogens with zero attached hydrogens (tertiary/aromatic N) is 2. The molecule has 3 aromatic rings. The van der Waals surface area contributed by atoms with Crippen LogP contribution in [0.1, 0.15) is 20.7 Å². The van der Waals surface area contributed by atoms with E-state index in [1.54, 1.807) is 29.4 Å². The third-order valence-corrected chi connectivity index (χ3v) is 3.54. The van der Waals surface area contributed by atoms with E-state index in [2.05, 4.69) is 4.98 Å². The van der Waals surface area contributed by atoms with Gasteiger partial charge in [0.1, 0.15) is 0 Å². The van der Waals surface area contributed by atoms with E-state index in [1.807, 2.05) is 24.3 Å². The molecule has 0 radical (unpaired) electrons. The number of carboxylic acids is 2. The predicted molar refractivity (Wildman–Crippen MR) is 82.5 cm³/mol. The van der Waals surface area contributed by atoms with Crippen molar-refractivity contribution in [3.05, 3.63) is 78.4 Å². The number of carboxylic acid groups (broad SMARTS) is 2. The van der Waals surface area contributed by atoms with Gasteiger partial charge in [-0.2, -0.15) is 4.57 Å². The molecule has 2 aromatic heterocycles. The topological polar surface area (TPSA) is 94.2 Å². The summed E-state index contributed by atoms with van der Waals surface area (Å²) in [5.74, 6) is -2.62. The number of rotatable bonds is 4. The van der Waals surface area contributed by atoms with Gasteiger partial charge in [-0.15, -0.1) is 0 Å². The summed E-state index contributed by atoms with van der Waals surface area (Å²) >= 11 is 0. The average molecular weight is 320 g/mol. The predicted octanol–water partition coefficient (Wildman–Crippen LogP) is 1.09. The largest absolute Gasteiger partial charge is 0.545 e. The number of carbonyl (C=O) groups excluding carboxylic acids is 1. The van der Waals surface area contributed by atoms with E-state index in [4.69, 9.17) is 5.11 Å². The molecule has 2 heterocycles. The lowest BCUT2D eigenvalue weighted by atomic mass is 10.1. The van der Waals surface area contributed by atoms with Gasteiger partial charge < -0.3 is 15.0 Å². The van der Waals surface area contributed by atoms with Crippen LogP contribution in [-0.2, 0) is 0 Å². The summed E-state index contributed by atoms with van der Waals surface area (Å²) in [6, 6.07) is 11.3. The zero-order valence-corrected chi connectivity index (χ0v) is 12.4. The van der Waals surface area contributed by atoms with Crippen LogP contribution < -0.4 is 9.67 Å². The first-order chi connectivity index (χ1) is 11.5. The van der Waals surface area contributed by atoms with Crippen molar-refractivity contribution in [3.63, 3.8) is 0 Å². The molecule has 0 saturated heterocycles. The van der Waals surface area contributed by atoms with Crippen molar-refractivity contribution in [2.75, 3.05) is 0 Å². The molecular formula is C18H12N2O4. The molecule has 24 heavy (non-hydrogen) atoms. The van der Waals surface area contributed by atoms with Crippen LogP contribution in [0.4, 0.5) is 0 Å². The minimum absolute atomic E-state index is 0.114. The molecular weight excluding hydrogens is 308 g/mol. The molecule has 0 amide bonds. The van der Waals surface area contributed by atoms with Crippen LogP contribution in [0.3, 0.4) is 0 Å². The van der Waals surface area contributed by atoms with E-state index in [9.17, 15) is 14.7 Å². The van der Waals surface area contributed by atoms with Crippen molar-refractivity contribution in [1.29, 1.82) is 0 Å². The zero-order valence-electron chi connectivity index (χ0n) is 12.4. The van der Waals surface area contributed by atoms with E-state index in [1.165, 1.54) is 12.1 Å². The molecule has 0 fully saturated rings. The van der Waals surface area contributed by atoms with Crippen LogP contribution >= 0.6 is 0 Å². The molecule has 3 rings (SSSR count). The highest BCUT2D eigenvalue weighted by molar-refractivity contribution is 5.93. The Morgan fingerprint density at radius 1 is 0.917 bits per heavy atom. The molecule has 0 aliphatic rings. The number of carbonyl (C=O) groups is 2. The van der Waals surface area contributed by atoms with Crippen LogP contribution in [0.15, 0.2) is 67.3 Å². The summed E-state index contributed by atoms with van der Waals surface area (Å²) in [7, 11) is 0. The second-order valence-corrected chi connectivity index (χ2v) is 5.09. The van der Waals surface area contributed by atoms with E-state index >= 15 is 0 Å². The van der Waals surface area contributed by atoms with Gasteiger partial charge in [0.15, 0.2) is 12.4 Å². The molecule has 0 aliphatic carbocycles. The standard InChI is InChI=1S/C18H12N2O4/c21-17(22)14-9-15(18(23)24)11-16(10-14)20-7-3-13(4-8-20)12-1-5-19-6-2-12/h1-11H,(H-,21,22,23,24). The van der Waals surface area contributed by atoms with E-state index < -0.39 is 11.9 Å². The highest BCUT2D eigenvalue weighted by Crippen LogP contribution is 2.17. The smallest absolute Gasteiger partial charge is 0.335 e. The number of benzene rings is 1. The quantitative estimate of drug-likeness (QED) is 0.726. The van der Waals surface area contributed by atoms with Crippen molar-refractivity contribution in [2.24, 2.45) is 0 Å². The van der Waals surface area contributed by atoms with E-state index in [0.717, 1.165) is 17.2 Å². The van der Waals surface area contributed by atoms with Crippen LogP contribution in [-0.4, -0.2) is 22.0 Å². The molecule has 0 bridgehead atoms. The number of aromatic nitrogens is 2. The second kappa shape index (κ2) is 6.29.